The van der Waals surface area contributed by atoms with E-state index < -0.39 is 0 Å². The van der Waals surface area contributed by atoms with Crippen LogP contribution in [0.15, 0.2) is 46.9 Å². The van der Waals surface area contributed by atoms with Gasteiger partial charge >= 0.3 is 0 Å². The molecule has 2 aromatic rings. The number of halogens is 1. The van der Waals surface area contributed by atoms with Crippen molar-refractivity contribution in [1.29, 1.82) is 0 Å². The van der Waals surface area contributed by atoms with E-state index in [9.17, 15) is 4.79 Å². The number of rotatable bonds is 4. The van der Waals surface area contributed by atoms with E-state index in [0.29, 0.717) is 23.5 Å². The highest BCUT2D eigenvalue weighted by Gasteiger charge is 2.16. The van der Waals surface area contributed by atoms with Gasteiger partial charge in [-0.05, 0) is 38.1 Å². The van der Waals surface area contributed by atoms with E-state index in [4.69, 9.17) is 4.74 Å². The SMILES string of the molecule is CCOc1ccc(C)cc1C(=O)c1ccccc1Br. The van der Waals surface area contributed by atoms with Gasteiger partial charge in [-0.25, -0.2) is 0 Å². The third kappa shape index (κ3) is 3.04. The molecule has 0 bridgehead atoms. The lowest BCUT2D eigenvalue weighted by Gasteiger charge is -2.11. The first-order valence-electron chi connectivity index (χ1n) is 6.16. The van der Waals surface area contributed by atoms with Crippen molar-refractivity contribution in [1.82, 2.24) is 0 Å². The van der Waals surface area contributed by atoms with Crippen LogP contribution in [0.1, 0.15) is 28.4 Å². The van der Waals surface area contributed by atoms with Crippen LogP contribution in [0.5, 0.6) is 5.75 Å². The van der Waals surface area contributed by atoms with Gasteiger partial charge in [0.2, 0.25) is 0 Å². The van der Waals surface area contributed by atoms with E-state index in [-0.39, 0.29) is 5.78 Å². The Balaban J connectivity index is 2.49. The van der Waals surface area contributed by atoms with Crippen molar-refractivity contribution < 1.29 is 9.53 Å². The molecule has 0 unspecified atom stereocenters. The summed E-state index contributed by atoms with van der Waals surface area (Å²) in [4.78, 5) is 12.6. The largest absolute Gasteiger partial charge is 0.493 e. The predicted molar refractivity (Wildman–Crippen MR) is 79.9 cm³/mol. The highest BCUT2D eigenvalue weighted by atomic mass is 79.9. The number of hydrogen-bond acceptors (Lipinski definition) is 2. The van der Waals surface area contributed by atoms with Crippen LogP contribution in [-0.4, -0.2) is 12.4 Å². The van der Waals surface area contributed by atoms with Crippen molar-refractivity contribution in [3.05, 3.63) is 63.6 Å². The molecule has 0 aliphatic carbocycles. The van der Waals surface area contributed by atoms with E-state index in [1.807, 2.05) is 56.3 Å². The number of benzene rings is 2. The van der Waals surface area contributed by atoms with Crippen molar-refractivity contribution >= 4 is 21.7 Å². The number of carbonyl (C=O) groups excluding carboxylic acids is 1. The fraction of sp³-hybridized carbons (Fsp3) is 0.188. The maximum Gasteiger partial charge on any atom is 0.197 e. The topological polar surface area (TPSA) is 26.3 Å². The molecule has 2 aromatic carbocycles. The van der Waals surface area contributed by atoms with Crippen LogP contribution in [0.4, 0.5) is 0 Å². The number of aryl methyl sites for hydroxylation is 1. The Bertz CT molecular complexity index is 605. The lowest BCUT2D eigenvalue weighted by Crippen LogP contribution is -2.06. The van der Waals surface area contributed by atoms with Gasteiger partial charge in [0, 0.05) is 10.0 Å². The molecule has 0 aromatic heterocycles. The first-order valence-corrected chi connectivity index (χ1v) is 6.95. The molecule has 0 amide bonds. The first-order chi connectivity index (χ1) is 9.13. The summed E-state index contributed by atoms with van der Waals surface area (Å²) in [6.07, 6.45) is 0. The Labute approximate surface area is 121 Å². The summed E-state index contributed by atoms with van der Waals surface area (Å²) in [5.74, 6) is 0.605. The van der Waals surface area contributed by atoms with Crippen LogP contribution < -0.4 is 4.74 Å². The zero-order valence-corrected chi connectivity index (χ0v) is 12.5. The molecule has 3 heteroatoms. The molecule has 0 N–H and O–H groups in total. The summed E-state index contributed by atoms with van der Waals surface area (Å²) in [5, 5.41) is 0. The molecule has 0 aliphatic rings. The summed E-state index contributed by atoms with van der Waals surface area (Å²) in [6, 6.07) is 13.1. The van der Waals surface area contributed by atoms with Gasteiger partial charge < -0.3 is 4.74 Å². The molecule has 98 valence electrons. The summed E-state index contributed by atoms with van der Waals surface area (Å²) >= 11 is 3.41. The third-order valence-electron chi connectivity index (χ3n) is 2.80. The van der Waals surface area contributed by atoms with Crippen LogP contribution in [0.25, 0.3) is 0 Å². The molecule has 19 heavy (non-hydrogen) atoms. The molecule has 0 saturated heterocycles. The molecule has 0 saturated carbocycles. The van der Waals surface area contributed by atoms with Crippen molar-refractivity contribution in [3.63, 3.8) is 0 Å². The highest BCUT2D eigenvalue weighted by molar-refractivity contribution is 9.10. The fourth-order valence-corrected chi connectivity index (χ4v) is 2.36. The van der Waals surface area contributed by atoms with Gasteiger partial charge in [-0.1, -0.05) is 39.7 Å². The van der Waals surface area contributed by atoms with Crippen molar-refractivity contribution in [2.24, 2.45) is 0 Å². The van der Waals surface area contributed by atoms with E-state index >= 15 is 0 Å². The van der Waals surface area contributed by atoms with Crippen molar-refractivity contribution in [3.8, 4) is 5.75 Å². The lowest BCUT2D eigenvalue weighted by atomic mass is 10.0. The van der Waals surface area contributed by atoms with Gasteiger partial charge in [-0.3, -0.25) is 4.79 Å². The molecule has 0 heterocycles. The monoisotopic (exact) mass is 318 g/mol. The number of ketones is 1. The van der Waals surface area contributed by atoms with Crippen LogP contribution in [0.3, 0.4) is 0 Å². The molecule has 0 spiro atoms. The van der Waals surface area contributed by atoms with E-state index in [2.05, 4.69) is 15.9 Å². The Kier molecular flexibility index (Phi) is 4.38. The van der Waals surface area contributed by atoms with E-state index in [1.165, 1.54) is 0 Å². The van der Waals surface area contributed by atoms with Crippen LogP contribution in [-0.2, 0) is 0 Å². The molecular weight excluding hydrogens is 304 g/mol. The van der Waals surface area contributed by atoms with Gasteiger partial charge in [-0.15, -0.1) is 0 Å². The van der Waals surface area contributed by atoms with Crippen LogP contribution in [0, 0.1) is 6.92 Å². The Morgan fingerprint density at radius 1 is 1.16 bits per heavy atom. The lowest BCUT2D eigenvalue weighted by molar-refractivity contribution is 0.103. The van der Waals surface area contributed by atoms with Gasteiger partial charge in [0.1, 0.15) is 5.75 Å². The van der Waals surface area contributed by atoms with Crippen LogP contribution >= 0.6 is 15.9 Å². The summed E-state index contributed by atoms with van der Waals surface area (Å²) in [6.45, 7) is 4.42. The first kappa shape index (κ1) is 13.8. The zero-order chi connectivity index (χ0) is 13.8. The van der Waals surface area contributed by atoms with Gasteiger partial charge in [0.05, 0.1) is 12.2 Å². The fourth-order valence-electron chi connectivity index (χ4n) is 1.89. The smallest absolute Gasteiger partial charge is 0.197 e. The summed E-state index contributed by atoms with van der Waals surface area (Å²) in [7, 11) is 0. The molecule has 0 aliphatic heterocycles. The highest BCUT2D eigenvalue weighted by Crippen LogP contribution is 2.26. The second-order valence-electron chi connectivity index (χ2n) is 4.24. The van der Waals surface area contributed by atoms with E-state index in [0.717, 1.165) is 10.0 Å². The number of ether oxygens (including phenoxy) is 1. The summed E-state index contributed by atoms with van der Waals surface area (Å²) < 4.78 is 6.33. The normalized spacial score (nSPS) is 10.3. The molecule has 2 rings (SSSR count). The third-order valence-corrected chi connectivity index (χ3v) is 3.49. The Morgan fingerprint density at radius 2 is 1.89 bits per heavy atom. The predicted octanol–water partition coefficient (Wildman–Crippen LogP) is 4.39. The minimum Gasteiger partial charge on any atom is -0.493 e. The molecule has 0 fully saturated rings. The second kappa shape index (κ2) is 6.02. The molecular formula is C16H15BrO2. The van der Waals surface area contributed by atoms with Gasteiger partial charge in [0.15, 0.2) is 5.78 Å². The van der Waals surface area contributed by atoms with Gasteiger partial charge in [-0.2, -0.15) is 0 Å². The van der Waals surface area contributed by atoms with Crippen LogP contribution in [0.2, 0.25) is 0 Å². The Morgan fingerprint density at radius 3 is 2.58 bits per heavy atom. The van der Waals surface area contributed by atoms with Crippen molar-refractivity contribution in [2.45, 2.75) is 13.8 Å². The van der Waals surface area contributed by atoms with Crippen molar-refractivity contribution in [2.75, 3.05) is 6.61 Å². The van der Waals surface area contributed by atoms with Gasteiger partial charge in [0.25, 0.3) is 0 Å². The minimum atomic E-state index is -0.0281. The minimum absolute atomic E-state index is 0.0281. The zero-order valence-electron chi connectivity index (χ0n) is 10.9. The quantitative estimate of drug-likeness (QED) is 0.782. The number of carbonyl (C=O) groups is 1. The second-order valence-corrected chi connectivity index (χ2v) is 5.10. The number of hydrogen-bond donors (Lipinski definition) is 0. The molecule has 2 nitrogen and oxygen atoms in total. The summed E-state index contributed by atoms with van der Waals surface area (Å²) in [5.41, 5.74) is 2.29. The standard InChI is InChI=1S/C16H15BrO2/c1-3-19-15-9-8-11(2)10-13(15)16(18)12-6-4-5-7-14(12)17/h4-10H,3H2,1-2H3. The maximum absolute atomic E-state index is 12.6. The molecule has 0 atom stereocenters. The maximum atomic E-state index is 12.6. The Hall–Kier alpha value is -1.61. The molecule has 0 radical (unpaired) electrons. The van der Waals surface area contributed by atoms with E-state index in [1.54, 1.807) is 0 Å². The average Bonchev–Trinajstić information content (AvgIpc) is 2.41. The average molecular weight is 319 g/mol.